The summed E-state index contributed by atoms with van der Waals surface area (Å²) in [5.41, 5.74) is 5.53. The van der Waals surface area contributed by atoms with Gasteiger partial charge in [-0.05, 0) is 24.1 Å². The molecule has 118 valence electrons. The molecule has 2 nitrogen and oxygen atoms in total. The van der Waals surface area contributed by atoms with Crippen molar-refractivity contribution in [3.05, 3.63) is 65.9 Å². The first-order chi connectivity index (χ1) is 11.1. The minimum absolute atomic E-state index is 0.0811. The number of fused-ring (bicyclic) bond motifs is 2. The van der Waals surface area contributed by atoms with E-state index in [2.05, 4.69) is 85.4 Å². The van der Waals surface area contributed by atoms with Crippen LogP contribution in [0.5, 0.6) is 0 Å². The first kappa shape index (κ1) is 14.4. The lowest BCUT2D eigenvalue weighted by atomic mass is 9.78. The van der Waals surface area contributed by atoms with E-state index in [0.29, 0.717) is 6.04 Å². The SMILES string of the molecule is CCCn1cc(C2Nc3ccccc3C2(C)C)c2ccccc21. The van der Waals surface area contributed by atoms with Gasteiger partial charge in [0.15, 0.2) is 0 Å². The lowest BCUT2D eigenvalue weighted by Gasteiger charge is -2.27. The maximum atomic E-state index is 3.78. The Bertz CT molecular complexity index is 857. The fourth-order valence-corrected chi connectivity index (χ4v) is 4.06. The minimum atomic E-state index is 0.0811. The molecule has 2 heteroatoms. The molecule has 0 saturated heterocycles. The number of nitrogens with one attached hydrogen (secondary N) is 1. The molecule has 1 atom stereocenters. The van der Waals surface area contributed by atoms with Crippen molar-refractivity contribution in [1.82, 2.24) is 4.57 Å². The number of hydrogen-bond donors (Lipinski definition) is 1. The molecule has 23 heavy (non-hydrogen) atoms. The van der Waals surface area contributed by atoms with Crippen LogP contribution in [0, 0.1) is 0 Å². The van der Waals surface area contributed by atoms with Crippen LogP contribution < -0.4 is 5.32 Å². The highest BCUT2D eigenvalue weighted by molar-refractivity contribution is 5.86. The molecule has 0 saturated carbocycles. The van der Waals surface area contributed by atoms with Crippen molar-refractivity contribution in [2.75, 3.05) is 5.32 Å². The van der Waals surface area contributed by atoms with E-state index in [1.165, 1.54) is 27.7 Å². The van der Waals surface area contributed by atoms with Gasteiger partial charge in [0.25, 0.3) is 0 Å². The largest absolute Gasteiger partial charge is 0.377 e. The molecular weight excluding hydrogens is 280 g/mol. The summed E-state index contributed by atoms with van der Waals surface area (Å²) >= 11 is 0. The Morgan fingerprint density at radius 1 is 1.04 bits per heavy atom. The molecule has 0 spiro atoms. The van der Waals surface area contributed by atoms with Crippen molar-refractivity contribution in [3.63, 3.8) is 0 Å². The number of rotatable bonds is 3. The zero-order valence-electron chi connectivity index (χ0n) is 14.1. The molecule has 0 amide bonds. The van der Waals surface area contributed by atoms with Gasteiger partial charge < -0.3 is 9.88 Å². The van der Waals surface area contributed by atoms with Crippen LogP contribution in [0.15, 0.2) is 54.7 Å². The first-order valence-electron chi connectivity index (χ1n) is 8.56. The van der Waals surface area contributed by atoms with Gasteiger partial charge in [0.2, 0.25) is 0 Å². The van der Waals surface area contributed by atoms with Gasteiger partial charge in [-0.25, -0.2) is 0 Å². The van der Waals surface area contributed by atoms with E-state index in [0.717, 1.165) is 13.0 Å². The highest BCUT2D eigenvalue weighted by Gasteiger charge is 2.41. The number of nitrogens with zero attached hydrogens (tertiary/aromatic N) is 1. The van der Waals surface area contributed by atoms with Gasteiger partial charge in [0.05, 0.1) is 6.04 Å². The van der Waals surface area contributed by atoms with Crippen LogP contribution in [0.4, 0.5) is 5.69 Å². The number of para-hydroxylation sites is 2. The molecule has 0 radical (unpaired) electrons. The summed E-state index contributed by atoms with van der Waals surface area (Å²) in [6.07, 6.45) is 3.51. The fourth-order valence-electron chi connectivity index (χ4n) is 4.06. The van der Waals surface area contributed by atoms with E-state index >= 15 is 0 Å². The van der Waals surface area contributed by atoms with Crippen LogP contribution in [-0.2, 0) is 12.0 Å². The molecular formula is C21H24N2. The number of anilines is 1. The summed E-state index contributed by atoms with van der Waals surface area (Å²) in [7, 11) is 0. The smallest absolute Gasteiger partial charge is 0.0627 e. The summed E-state index contributed by atoms with van der Waals surface area (Å²) in [5.74, 6) is 0. The number of aromatic nitrogens is 1. The van der Waals surface area contributed by atoms with Crippen LogP contribution >= 0.6 is 0 Å². The van der Waals surface area contributed by atoms with Gasteiger partial charge in [-0.1, -0.05) is 57.2 Å². The van der Waals surface area contributed by atoms with Crippen molar-refractivity contribution in [2.45, 2.75) is 45.2 Å². The van der Waals surface area contributed by atoms with E-state index < -0.39 is 0 Å². The van der Waals surface area contributed by atoms with Crippen LogP contribution in [0.3, 0.4) is 0 Å². The zero-order chi connectivity index (χ0) is 16.0. The van der Waals surface area contributed by atoms with E-state index in [4.69, 9.17) is 0 Å². The number of benzene rings is 2. The Balaban J connectivity index is 1.88. The number of aryl methyl sites for hydroxylation is 1. The quantitative estimate of drug-likeness (QED) is 0.676. The monoisotopic (exact) mass is 304 g/mol. The molecule has 1 aliphatic rings. The Morgan fingerprint density at radius 3 is 2.57 bits per heavy atom. The van der Waals surface area contributed by atoms with Crippen molar-refractivity contribution >= 4 is 16.6 Å². The van der Waals surface area contributed by atoms with E-state index in [-0.39, 0.29) is 5.41 Å². The molecule has 2 aromatic carbocycles. The summed E-state index contributed by atoms with van der Waals surface area (Å²) in [6, 6.07) is 17.8. The molecule has 0 fully saturated rings. The van der Waals surface area contributed by atoms with Gasteiger partial charge >= 0.3 is 0 Å². The Morgan fingerprint density at radius 2 is 1.78 bits per heavy atom. The van der Waals surface area contributed by atoms with E-state index in [1.54, 1.807) is 0 Å². The van der Waals surface area contributed by atoms with Crippen molar-refractivity contribution in [2.24, 2.45) is 0 Å². The summed E-state index contributed by atoms with van der Waals surface area (Å²) in [6.45, 7) is 8.01. The highest BCUT2D eigenvalue weighted by Crippen LogP contribution is 2.49. The first-order valence-corrected chi connectivity index (χ1v) is 8.56. The van der Waals surface area contributed by atoms with Crippen molar-refractivity contribution < 1.29 is 0 Å². The molecule has 2 heterocycles. The summed E-state index contributed by atoms with van der Waals surface area (Å²) in [4.78, 5) is 0. The second-order valence-electron chi connectivity index (χ2n) is 7.14. The van der Waals surface area contributed by atoms with Gasteiger partial charge in [0, 0.05) is 40.3 Å². The fraction of sp³-hybridized carbons (Fsp3) is 0.333. The lowest BCUT2D eigenvalue weighted by molar-refractivity contribution is 0.475. The summed E-state index contributed by atoms with van der Waals surface area (Å²) < 4.78 is 2.41. The van der Waals surface area contributed by atoms with Gasteiger partial charge in [-0.3, -0.25) is 0 Å². The predicted molar refractivity (Wildman–Crippen MR) is 98.1 cm³/mol. The van der Waals surface area contributed by atoms with Crippen LogP contribution in [-0.4, -0.2) is 4.57 Å². The molecule has 3 aromatic rings. The maximum Gasteiger partial charge on any atom is 0.0627 e. The standard InChI is InChI=1S/C21H24N2/c1-4-13-23-14-16(15-9-5-8-12-19(15)23)20-21(2,3)17-10-6-7-11-18(17)22-20/h5-12,14,20,22H,4,13H2,1-3H3. The van der Waals surface area contributed by atoms with E-state index in [1.807, 2.05) is 0 Å². The second kappa shape index (κ2) is 5.16. The van der Waals surface area contributed by atoms with E-state index in [9.17, 15) is 0 Å². The van der Waals surface area contributed by atoms with Crippen LogP contribution in [0.2, 0.25) is 0 Å². The normalized spacial score (nSPS) is 18.8. The van der Waals surface area contributed by atoms with Gasteiger partial charge in [-0.15, -0.1) is 0 Å². The molecule has 0 aliphatic carbocycles. The Hall–Kier alpha value is -2.22. The predicted octanol–water partition coefficient (Wildman–Crippen LogP) is 5.50. The molecule has 1 aliphatic heterocycles. The highest BCUT2D eigenvalue weighted by atomic mass is 15.0. The minimum Gasteiger partial charge on any atom is -0.377 e. The Labute approximate surface area is 138 Å². The third-order valence-corrected chi connectivity index (χ3v) is 5.24. The van der Waals surface area contributed by atoms with Crippen molar-refractivity contribution in [1.29, 1.82) is 0 Å². The maximum absolute atomic E-state index is 3.78. The van der Waals surface area contributed by atoms with Crippen LogP contribution in [0.25, 0.3) is 10.9 Å². The van der Waals surface area contributed by atoms with Gasteiger partial charge in [-0.2, -0.15) is 0 Å². The topological polar surface area (TPSA) is 17.0 Å². The molecule has 0 bridgehead atoms. The average Bonchev–Trinajstić information content (AvgIpc) is 3.04. The Kier molecular flexibility index (Phi) is 3.22. The average molecular weight is 304 g/mol. The second-order valence-corrected chi connectivity index (χ2v) is 7.14. The molecule has 4 rings (SSSR count). The van der Waals surface area contributed by atoms with Crippen molar-refractivity contribution in [3.8, 4) is 0 Å². The third kappa shape index (κ3) is 2.08. The summed E-state index contributed by atoms with van der Waals surface area (Å²) in [5, 5.41) is 5.15. The number of hydrogen-bond acceptors (Lipinski definition) is 1. The zero-order valence-corrected chi connectivity index (χ0v) is 14.1. The van der Waals surface area contributed by atoms with Crippen LogP contribution in [0.1, 0.15) is 44.4 Å². The third-order valence-electron chi connectivity index (χ3n) is 5.24. The van der Waals surface area contributed by atoms with Gasteiger partial charge in [0.1, 0.15) is 0 Å². The molecule has 1 aromatic heterocycles. The molecule has 1 N–H and O–H groups in total. The molecule has 1 unspecified atom stereocenters. The lowest BCUT2D eigenvalue weighted by Crippen LogP contribution is -2.25.